The monoisotopic (exact) mass is 432 g/mol. The Bertz CT molecular complexity index is 1230. The number of benzene rings is 1. The van der Waals surface area contributed by atoms with E-state index in [1.54, 1.807) is 4.90 Å². The fraction of sp³-hybridized carbons (Fsp3) is 0.286. The predicted molar refractivity (Wildman–Crippen MR) is 108 cm³/mol. The molecule has 0 bridgehead atoms. The van der Waals surface area contributed by atoms with Gasteiger partial charge in [0.2, 0.25) is 5.43 Å². The molecule has 7 nitrogen and oxygen atoms in total. The fourth-order valence-corrected chi connectivity index (χ4v) is 4.05. The van der Waals surface area contributed by atoms with Gasteiger partial charge in [0.15, 0.2) is 5.82 Å². The van der Waals surface area contributed by atoms with E-state index in [2.05, 4.69) is 10.3 Å². The van der Waals surface area contributed by atoms with E-state index in [-0.39, 0.29) is 29.1 Å². The number of carboxylic acid groups (broad SMARTS) is 1. The smallest absolute Gasteiger partial charge is 0.341 e. The van der Waals surface area contributed by atoms with Crippen LogP contribution in [0.15, 0.2) is 35.4 Å². The molecule has 0 aliphatic carbocycles. The Labute approximate surface area is 174 Å². The number of aromatic carboxylic acids is 1. The number of rotatable bonds is 3. The van der Waals surface area contributed by atoms with Gasteiger partial charge in [0.25, 0.3) is 0 Å². The Morgan fingerprint density at radius 3 is 2.45 bits per heavy atom. The zero-order valence-corrected chi connectivity index (χ0v) is 16.7. The third-order valence-corrected chi connectivity index (χ3v) is 5.22. The lowest BCUT2D eigenvalue weighted by Gasteiger charge is -2.38. The first-order valence-electron chi connectivity index (χ1n) is 9.61. The average Bonchev–Trinajstić information content (AvgIpc) is 2.68. The molecule has 1 saturated heterocycles. The molecule has 4 rings (SSSR count). The highest BCUT2D eigenvalue weighted by Gasteiger charge is 2.29. The van der Waals surface area contributed by atoms with Crippen LogP contribution in [-0.4, -0.2) is 45.8 Å². The van der Waals surface area contributed by atoms with Gasteiger partial charge in [-0.25, -0.2) is 22.9 Å². The van der Waals surface area contributed by atoms with Crippen LogP contribution < -0.4 is 15.6 Å². The Kier molecular flexibility index (Phi) is 5.18. The number of aromatic nitrogens is 2. The molecule has 2 atom stereocenters. The van der Waals surface area contributed by atoms with Crippen molar-refractivity contribution in [2.75, 3.05) is 18.0 Å². The lowest BCUT2D eigenvalue weighted by atomic mass is 10.1. The number of hydrogen-bond acceptors (Lipinski definition) is 5. The summed E-state index contributed by atoms with van der Waals surface area (Å²) in [5.41, 5.74) is -2.35. The van der Waals surface area contributed by atoms with Crippen molar-refractivity contribution in [1.29, 1.82) is 0 Å². The van der Waals surface area contributed by atoms with E-state index in [0.717, 1.165) is 29.1 Å². The molecule has 1 aliphatic rings. The second kappa shape index (κ2) is 7.69. The maximum atomic E-state index is 15.8. The van der Waals surface area contributed by atoms with E-state index < -0.39 is 39.8 Å². The lowest BCUT2D eigenvalue weighted by Crippen LogP contribution is -2.54. The first-order chi connectivity index (χ1) is 14.7. The van der Waals surface area contributed by atoms with Crippen LogP contribution in [-0.2, 0) is 0 Å². The van der Waals surface area contributed by atoms with Gasteiger partial charge in [-0.15, -0.1) is 0 Å². The second-order valence-corrected chi connectivity index (χ2v) is 7.67. The summed E-state index contributed by atoms with van der Waals surface area (Å²) >= 11 is 0. The van der Waals surface area contributed by atoms with E-state index in [1.165, 1.54) is 6.07 Å². The van der Waals surface area contributed by atoms with Crippen molar-refractivity contribution in [2.24, 2.45) is 0 Å². The Morgan fingerprint density at radius 2 is 1.87 bits per heavy atom. The van der Waals surface area contributed by atoms with Crippen LogP contribution in [0.1, 0.15) is 24.2 Å². The normalized spacial score (nSPS) is 19.1. The Balaban J connectivity index is 2.05. The molecule has 3 aromatic rings. The largest absolute Gasteiger partial charge is 0.477 e. The third-order valence-electron chi connectivity index (χ3n) is 5.22. The van der Waals surface area contributed by atoms with Gasteiger partial charge in [-0.05, 0) is 32.0 Å². The molecule has 1 fully saturated rings. The molecule has 0 radical (unpaired) electrons. The summed E-state index contributed by atoms with van der Waals surface area (Å²) in [6.45, 7) is 4.43. The van der Waals surface area contributed by atoms with Crippen molar-refractivity contribution >= 4 is 22.6 Å². The molecule has 162 valence electrons. The van der Waals surface area contributed by atoms with Crippen molar-refractivity contribution in [3.05, 3.63) is 63.8 Å². The molecule has 2 aromatic heterocycles. The van der Waals surface area contributed by atoms with E-state index >= 15 is 8.78 Å². The van der Waals surface area contributed by atoms with Crippen molar-refractivity contribution in [3.63, 3.8) is 0 Å². The number of nitrogens with zero attached hydrogens (tertiary/aromatic N) is 3. The number of fused-ring (bicyclic) bond motifs is 1. The minimum Gasteiger partial charge on any atom is -0.477 e. The van der Waals surface area contributed by atoms with Gasteiger partial charge in [0.05, 0.1) is 17.1 Å². The van der Waals surface area contributed by atoms with Crippen LogP contribution >= 0.6 is 0 Å². The SMILES string of the molecule is CC1CN(c2c(F)cc3c(=O)c(C(=O)O)cn(-c4ccc(F)cn4)c3c2F)CC(C)N1. The van der Waals surface area contributed by atoms with E-state index in [4.69, 9.17) is 0 Å². The van der Waals surface area contributed by atoms with Gasteiger partial charge >= 0.3 is 5.97 Å². The van der Waals surface area contributed by atoms with E-state index in [9.17, 15) is 19.1 Å². The number of nitrogens with one attached hydrogen (secondary N) is 1. The van der Waals surface area contributed by atoms with Gasteiger partial charge in [-0.3, -0.25) is 9.36 Å². The molecule has 10 heteroatoms. The molecular weight excluding hydrogens is 413 g/mol. The molecule has 2 unspecified atom stereocenters. The quantitative estimate of drug-likeness (QED) is 0.662. The van der Waals surface area contributed by atoms with Gasteiger partial charge in [0, 0.05) is 31.4 Å². The molecule has 2 N–H and O–H groups in total. The topological polar surface area (TPSA) is 87.5 Å². The number of halogens is 3. The molecular formula is C21H19F3N4O3. The van der Waals surface area contributed by atoms with Crippen LogP contribution in [0.25, 0.3) is 16.7 Å². The highest BCUT2D eigenvalue weighted by molar-refractivity contribution is 5.94. The van der Waals surface area contributed by atoms with Gasteiger partial charge in [-0.1, -0.05) is 0 Å². The van der Waals surface area contributed by atoms with Crippen molar-refractivity contribution in [1.82, 2.24) is 14.9 Å². The summed E-state index contributed by atoms with van der Waals surface area (Å²) in [5.74, 6) is -4.21. The number of pyridine rings is 2. The number of carbonyl (C=O) groups is 1. The van der Waals surface area contributed by atoms with Crippen molar-refractivity contribution < 1.29 is 23.1 Å². The number of hydrogen-bond donors (Lipinski definition) is 2. The fourth-order valence-electron chi connectivity index (χ4n) is 4.05. The Morgan fingerprint density at radius 1 is 1.19 bits per heavy atom. The number of carboxylic acids is 1. The lowest BCUT2D eigenvalue weighted by molar-refractivity contribution is 0.0695. The molecule has 31 heavy (non-hydrogen) atoms. The van der Waals surface area contributed by atoms with Crippen LogP contribution in [0.5, 0.6) is 0 Å². The number of anilines is 1. The van der Waals surface area contributed by atoms with Crippen LogP contribution in [0.2, 0.25) is 0 Å². The summed E-state index contributed by atoms with van der Waals surface area (Å²) < 4.78 is 45.2. The van der Waals surface area contributed by atoms with Crippen LogP contribution in [0, 0.1) is 17.5 Å². The van der Waals surface area contributed by atoms with Crippen LogP contribution in [0.3, 0.4) is 0 Å². The maximum Gasteiger partial charge on any atom is 0.341 e. The maximum absolute atomic E-state index is 15.8. The minimum atomic E-state index is -1.56. The van der Waals surface area contributed by atoms with E-state index in [1.807, 2.05) is 13.8 Å². The molecule has 3 heterocycles. The summed E-state index contributed by atoms with van der Waals surface area (Å²) in [5, 5.41) is 12.2. The number of piperazine rings is 1. The van der Waals surface area contributed by atoms with Crippen LogP contribution in [0.4, 0.5) is 18.9 Å². The molecule has 0 amide bonds. The molecule has 0 saturated carbocycles. The van der Waals surface area contributed by atoms with Gasteiger partial charge in [-0.2, -0.15) is 0 Å². The highest BCUT2D eigenvalue weighted by Crippen LogP contribution is 2.32. The zero-order chi connectivity index (χ0) is 22.4. The predicted octanol–water partition coefficient (Wildman–Crippen LogP) is 2.69. The first-order valence-corrected chi connectivity index (χ1v) is 9.61. The molecule has 1 aromatic carbocycles. The average molecular weight is 432 g/mol. The second-order valence-electron chi connectivity index (χ2n) is 7.67. The van der Waals surface area contributed by atoms with Crippen molar-refractivity contribution in [3.8, 4) is 5.82 Å². The zero-order valence-electron chi connectivity index (χ0n) is 16.7. The van der Waals surface area contributed by atoms with Crippen molar-refractivity contribution in [2.45, 2.75) is 25.9 Å². The summed E-state index contributed by atoms with van der Waals surface area (Å²) in [6, 6.07) is 3.05. The summed E-state index contributed by atoms with van der Waals surface area (Å²) in [4.78, 5) is 29.7. The highest BCUT2D eigenvalue weighted by atomic mass is 19.1. The van der Waals surface area contributed by atoms with Gasteiger partial charge in [0.1, 0.15) is 28.7 Å². The Hall–Kier alpha value is -3.40. The molecule has 1 aliphatic heterocycles. The third kappa shape index (κ3) is 3.63. The van der Waals surface area contributed by atoms with E-state index in [0.29, 0.717) is 13.1 Å². The first kappa shape index (κ1) is 20.9. The van der Waals surface area contributed by atoms with Gasteiger partial charge < -0.3 is 15.3 Å². The summed E-state index contributed by atoms with van der Waals surface area (Å²) in [6.07, 6.45) is 1.79. The minimum absolute atomic E-state index is 0.0209. The standard InChI is InChI=1S/C21H19F3N4O3/c1-10-7-27(8-11(2)26-10)19-15(23)5-13-18(17(19)24)28(9-14(20(13)29)21(30)31)16-4-3-12(22)6-25-16/h3-6,9-11,26H,7-8H2,1-2H3,(H,30,31). The molecule has 0 spiro atoms. The summed E-state index contributed by atoms with van der Waals surface area (Å²) in [7, 11) is 0.